The number of hydrogen-bond acceptors (Lipinski definition) is 4. The molecular formula is C17H25NO3. The largest absolute Gasteiger partial charge is 0.493 e. The van der Waals surface area contributed by atoms with Crippen LogP contribution in [0.4, 0.5) is 5.69 Å². The van der Waals surface area contributed by atoms with Crippen molar-refractivity contribution in [3.63, 3.8) is 0 Å². The highest BCUT2D eigenvalue weighted by molar-refractivity contribution is 5.61. The third-order valence-electron chi connectivity index (χ3n) is 5.14. The van der Waals surface area contributed by atoms with E-state index in [1.807, 2.05) is 12.1 Å². The average molecular weight is 291 g/mol. The highest BCUT2D eigenvalue weighted by Crippen LogP contribution is 2.53. The summed E-state index contributed by atoms with van der Waals surface area (Å²) in [7, 11) is 3.34. The van der Waals surface area contributed by atoms with E-state index in [9.17, 15) is 0 Å². The van der Waals surface area contributed by atoms with E-state index in [4.69, 9.17) is 14.2 Å². The topological polar surface area (TPSA) is 39.7 Å². The molecule has 1 heterocycles. The lowest BCUT2D eigenvalue weighted by Crippen LogP contribution is -2.63. The smallest absolute Gasteiger partial charge is 0.162 e. The van der Waals surface area contributed by atoms with Gasteiger partial charge in [0.1, 0.15) is 0 Å². The van der Waals surface area contributed by atoms with Gasteiger partial charge in [0.25, 0.3) is 0 Å². The van der Waals surface area contributed by atoms with Gasteiger partial charge in [0.2, 0.25) is 0 Å². The minimum atomic E-state index is 0.167. The van der Waals surface area contributed by atoms with E-state index in [-0.39, 0.29) is 5.41 Å². The zero-order valence-electron chi connectivity index (χ0n) is 13.5. The average Bonchev–Trinajstić information content (AvgIpc) is 2.92. The van der Waals surface area contributed by atoms with Gasteiger partial charge in [0.15, 0.2) is 11.5 Å². The number of rotatable bonds is 4. The summed E-state index contributed by atoms with van der Waals surface area (Å²) in [6.07, 6.45) is 1.55. The molecule has 0 amide bonds. The van der Waals surface area contributed by atoms with Crippen LogP contribution in [0.1, 0.15) is 25.8 Å². The third kappa shape index (κ3) is 2.16. The van der Waals surface area contributed by atoms with E-state index in [0.717, 1.165) is 30.2 Å². The fraction of sp³-hybridized carbons (Fsp3) is 0.647. The second-order valence-electron chi connectivity index (χ2n) is 6.71. The monoisotopic (exact) mass is 291 g/mol. The first-order valence-corrected chi connectivity index (χ1v) is 7.59. The lowest BCUT2D eigenvalue weighted by atomic mass is 9.57. The predicted molar refractivity (Wildman–Crippen MR) is 83.3 cm³/mol. The maximum atomic E-state index is 5.86. The van der Waals surface area contributed by atoms with Crippen LogP contribution in [0.5, 0.6) is 11.5 Å². The molecule has 0 aromatic heterocycles. The number of fused-ring (bicyclic) bond motifs is 1. The molecule has 3 atom stereocenters. The first kappa shape index (κ1) is 14.5. The Kier molecular flexibility index (Phi) is 3.52. The molecule has 1 aliphatic carbocycles. The molecule has 1 saturated carbocycles. The lowest BCUT2D eigenvalue weighted by molar-refractivity contribution is -0.0923. The normalized spacial score (nSPS) is 29.5. The van der Waals surface area contributed by atoms with E-state index in [1.54, 1.807) is 14.2 Å². The van der Waals surface area contributed by atoms with Crippen molar-refractivity contribution < 1.29 is 14.2 Å². The fourth-order valence-corrected chi connectivity index (χ4v) is 3.92. The molecule has 3 unspecified atom stereocenters. The second kappa shape index (κ2) is 5.09. The van der Waals surface area contributed by atoms with Crippen molar-refractivity contribution in [3.05, 3.63) is 17.7 Å². The van der Waals surface area contributed by atoms with Gasteiger partial charge in [0.05, 0.1) is 20.3 Å². The quantitative estimate of drug-likeness (QED) is 0.924. The van der Waals surface area contributed by atoms with Crippen LogP contribution in [-0.4, -0.2) is 33.0 Å². The number of nitrogens with one attached hydrogen (secondary N) is 1. The Bertz CT molecular complexity index is 541. The SMILES string of the molecule is COc1cc(C)c(NC2C3CCOC3C2(C)C)cc1OC. The molecule has 116 valence electrons. The summed E-state index contributed by atoms with van der Waals surface area (Å²) in [5, 5.41) is 3.72. The highest BCUT2D eigenvalue weighted by Gasteiger charge is 2.59. The molecule has 0 radical (unpaired) electrons. The van der Waals surface area contributed by atoms with Crippen LogP contribution >= 0.6 is 0 Å². The Labute approximate surface area is 126 Å². The van der Waals surface area contributed by atoms with Crippen molar-refractivity contribution in [2.24, 2.45) is 11.3 Å². The molecule has 3 rings (SSSR count). The molecule has 0 bridgehead atoms. The molecule has 2 fully saturated rings. The van der Waals surface area contributed by atoms with Gasteiger partial charge in [-0.05, 0) is 25.0 Å². The Morgan fingerprint density at radius 3 is 2.52 bits per heavy atom. The summed E-state index contributed by atoms with van der Waals surface area (Å²) in [6.45, 7) is 7.56. The van der Waals surface area contributed by atoms with Crippen LogP contribution in [-0.2, 0) is 4.74 Å². The molecule has 1 aromatic carbocycles. The molecule has 4 heteroatoms. The van der Waals surface area contributed by atoms with Crippen LogP contribution in [0.25, 0.3) is 0 Å². The highest BCUT2D eigenvalue weighted by atomic mass is 16.5. The fourth-order valence-electron chi connectivity index (χ4n) is 3.92. The summed E-state index contributed by atoms with van der Waals surface area (Å²) >= 11 is 0. The summed E-state index contributed by atoms with van der Waals surface area (Å²) < 4.78 is 16.6. The van der Waals surface area contributed by atoms with Crippen LogP contribution in [0, 0.1) is 18.3 Å². The van der Waals surface area contributed by atoms with Crippen LogP contribution in [0.15, 0.2) is 12.1 Å². The number of anilines is 1. The van der Waals surface area contributed by atoms with Gasteiger partial charge in [-0.15, -0.1) is 0 Å². The van der Waals surface area contributed by atoms with Gasteiger partial charge in [-0.2, -0.15) is 0 Å². The van der Waals surface area contributed by atoms with E-state index >= 15 is 0 Å². The van der Waals surface area contributed by atoms with Crippen molar-refractivity contribution in [1.82, 2.24) is 0 Å². The Morgan fingerprint density at radius 2 is 1.86 bits per heavy atom. The van der Waals surface area contributed by atoms with E-state index in [1.165, 1.54) is 5.56 Å². The van der Waals surface area contributed by atoms with Crippen molar-refractivity contribution >= 4 is 5.69 Å². The van der Waals surface area contributed by atoms with Gasteiger partial charge in [-0.25, -0.2) is 0 Å². The van der Waals surface area contributed by atoms with E-state index in [0.29, 0.717) is 18.1 Å². The maximum Gasteiger partial charge on any atom is 0.162 e. The van der Waals surface area contributed by atoms with Crippen LogP contribution in [0.3, 0.4) is 0 Å². The minimum absolute atomic E-state index is 0.167. The van der Waals surface area contributed by atoms with Crippen molar-refractivity contribution in [2.75, 3.05) is 26.1 Å². The first-order chi connectivity index (χ1) is 9.98. The molecular weight excluding hydrogens is 266 g/mol. The summed E-state index contributed by atoms with van der Waals surface area (Å²) in [5.74, 6) is 2.16. The standard InChI is InChI=1S/C17H25NO3/c1-10-8-13(19-4)14(20-5)9-12(10)18-15-11-6-7-21-16(11)17(15,2)3/h8-9,11,15-16,18H,6-7H2,1-5H3. The van der Waals surface area contributed by atoms with Gasteiger partial charge >= 0.3 is 0 Å². The van der Waals surface area contributed by atoms with Gasteiger partial charge in [-0.3, -0.25) is 0 Å². The molecule has 1 aliphatic heterocycles. The number of ether oxygens (including phenoxy) is 3. The predicted octanol–water partition coefficient (Wildman–Crippen LogP) is 3.24. The summed E-state index contributed by atoms with van der Waals surface area (Å²) in [4.78, 5) is 0. The minimum Gasteiger partial charge on any atom is -0.493 e. The van der Waals surface area contributed by atoms with E-state index in [2.05, 4.69) is 26.1 Å². The Hall–Kier alpha value is -1.42. The lowest BCUT2D eigenvalue weighted by Gasteiger charge is -2.55. The third-order valence-corrected chi connectivity index (χ3v) is 5.14. The number of hydrogen-bond donors (Lipinski definition) is 1. The second-order valence-corrected chi connectivity index (χ2v) is 6.71. The van der Waals surface area contributed by atoms with Gasteiger partial charge < -0.3 is 19.5 Å². The molecule has 0 spiro atoms. The van der Waals surface area contributed by atoms with Gasteiger partial charge in [0, 0.05) is 35.7 Å². The Balaban J connectivity index is 1.85. The van der Waals surface area contributed by atoms with Gasteiger partial charge in [-0.1, -0.05) is 13.8 Å². The molecule has 1 aromatic rings. The maximum absolute atomic E-state index is 5.86. The molecule has 2 aliphatic rings. The van der Waals surface area contributed by atoms with Crippen molar-refractivity contribution in [2.45, 2.75) is 39.3 Å². The molecule has 4 nitrogen and oxygen atoms in total. The molecule has 21 heavy (non-hydrogen) atoms. The molecule has 1 saturated heterocycles. The zero-order chi connectivity index (χ0) is 15.2. The summed E-state index contributed by atoms with van der Waals surface area (Å²) in [5.41, 5.74) is 2.46. The number of benzene rings is 1. The molecule has 1 N–H and O–H groups in total. The zero-order valence-corrected chi connectivity index (χ0v) is 13.5. The van der Waals surface area contributed by atoms with Crippen molar-refractivity contribution in [3.8, 4) is 11.5 Å². The first-order valence-electron chi connectivity index (χ1n) is 7.59. The number of methoxy groups -OCH3 is 2. The van der Waals surface area contributed by atoms with Crippen LogP contribution < -0.4 is 14.8 Å². The Morgan fingerprint density at radius 1 is 1.19 bits per heavy atom. The van der Waals surface area contributed by atoms with Crippen LogP contribution in [0.2, 0.25) is 0 Å². The summed E-state index contributed by atoms with van der Waals surface area (Å²) in [6, 6.07) is 4.50. The van der Waals surface area contributed by atoms with E-state index < -0.39 is 0 Å². The van der Waals surface area contributed by atoms with Crippen molar-refractivity contribution in [1.29, 1.82) is 0 Å². The number of aryl methyl sites for hydroxylation is 1.